The molecule has 0 rings (SSSR count). The van der Waals surface area contributed by atoms with Gasteiger partial charge >= 0.3 is 0 Å². The number of hydrogen-bond donors (Lipinski definition) is 0. The molecule has 0 aromatic carbocycles. The first kappa shape index (κ1) is 10.0. The van der Waals surface area contributed by atoms with Gasteiger partial charge in [0, 0.05) is 5.69 Å². The van der Waals surface area contributed by atoms with E-state index >= 15 is 0 Å². The first-order valence-electron chi connectivity index (χ1n) is 1.97. The van der Waals surface area contributed by atoms with Crippen molar-refractivity contribution in [2.24, 2.45) is 0 Å². The van der Waals surface area contributed by atoms with E-state index in [1.807, 2.05) is 19.6 Å². The maximum absolute atomic E-state index is 8.21. The van der Waals surface area contributed by atoms with Crippen molar-refractivity contribution in [1.82, 2.24) is 0 Å². The third-order valence-electron chi connectivity index (χ3n) is 0.335. The van der Waals surface area contributed by atoms with Crippen LogP contribution in [0.4, 0.5) is 0 Å². The Bertz CT molecular complexity index is 76.7. The normalized spacial score (nSPS) is 8.86. The fourth-order valence-electron chi connectivity index (χ4n) is 0. The van der Waals surface area contributed by atoms with Gasteiger partial charge in [0.15, 0.2) is 8.07 Å². The minimum absolute atomic E-state index is 0. The van der Waals surface area contributed by atoms with Crippen molar-refractivity contribution < 1.29 is 0 Å². The molecule has 0 aliphatic heterocycles. The van der Waals surface area contributed by atoms with Crippen LogP contribution in [0.15, 0.2) is 0 Å². The molecule has 0 heterocycles. The van der Waals surface area contributed by atoms with Gasteiger partial charge in [-0.25, -0.2) is 5.26 Å². The number of rotatable bonds is 0. The summed E-state index contributed by atoms with van der Waals surface area (Å²) in [5.41, 5.74) is 2.24. The molecule has 0 atom stereocenters. The average Bonchev–Trinajstić information content (AvgIpc) is 1.35. The smallest absolute Gasteiger partial charge is 0.164 e. The highest BCUT2D eigenvalue weighted by atomic mass is 28.3. The highest BCUT2D eigenvalue weighted by Crippen LogP contribution is 1.94. The lowest BCUT2D eigenvalue weighted by atomic mass is 11.7. The molecule has 0 bridgehead atoms. The quantitative estimate of drug-likeness (QED) is 0.422. The van der Waals surface area contributed by atoms with E-state index in [1.54, 1.807) is 0 Å². The fraction of sp³-hybridized carbons (Fsp3) is 0.750. The highest BCUT2D eigenvalue weighted by Gasteiger charge is 2.09. The zero-order valence-electron chi connectivity index (χ0n) is 4.45. The third kappa shape index (κ3) is 10.7. The van der Waals surface area contributed by atoms with Crippen molar-refractivity contribution in [3.63, 3.8) is 0 Å². The maximum atomic E-state index is 8.21. The summed E-state index contributed by atoms with van der Waals surface area (Å²) in [5.74, 6) is 0. The minimum atomic E-state index is -1.33. The first-order chi connectivity index (χ1) is 2.56. The van der Waals surface area contributed by atoms with Crippen molar-refractivity contribution in [1.29, 1.82) is 5.26 Å². The van der Waals surface area contributed by atoms with Gasteiger partial charge in [0.05, 0.1) is 0 Å². The van der Waals surface area contributed by atoms with Gasteiger partial charge in [0.1, 0.15) is 0 Å². The molecule has 0 aliphatic carbocycles. The largest absolute Gasteiger partial charge is 0.207 e. The van der Waals surface area contributed by atoms with Crippen LogP contribution in [-0.2, 0) is 0 Å². The summed E-state index contributed by atoms with van der Waals surface area (Å²) in [6.07, 6.45) is 0. The number of nitrogens with zero attached hydrogens (tertiary/aromatic N) is 1. The Kier molecular flexibility index (Phi) is 4.29. The monoisotopic (exact) mass is 131 g/mol. The highest BCUT2D eigenvalue weighted by molar-refractivity contribution is 6.83. The van der Waals surface area contributed by atoms with Crippen LogP contribution in [0, 0.1) is 11.0 Å². The van der Waals surface area contributed by atoms with E-state index in [1.165, 1.54) is 0 Å². The molecule has 1 nitrogen and oxygen atoms in total. The summed E-state index contributed by atoms with van der Waals surface area (Å²) in [5, 5.41) is 8.21. The summed E-state index contributed by atoms with van der Waals surface area (Å²) in [6.45, 7) is 6.06. The van der Waals surface area contributed by atoms with Crippen LogP contribution in [0.3, 0.4) is 0 Å². The fourth-order valence-corrected chi connectivity index (χ4v) is 0. The maximum Gasteiger partial charge on any atom is 0.164 e. The van der Waals surface area contributed by atoms with Gasteiger partial charge < -0.3 is 0 Å². The zero-order valence-corrected chi connectivity index (χ0v) is 5.45. The molecule has 0 aromatic heterocycles. The summed E-state index contributed by atoms with van der Waals surface area (Å²) >= 11 is 0. The predicted octanol–water partition coefficient (Wildman–Crippen LogP) is -0.0642. The molecule has 0 spiro atoms. The van der Waals surface area contributed by atoms with Gasteiger partial charge in [-0.3, -0.25) is 0 Å². The van der Waals surface area contributed by atoms with Crippen LogP contribution in [0.25, 0.3) is 0 Å². The SMILES string of the molecule is C[Si](C)(C)C#N.[SiH4]. The Morgan fingerprint density at radius 1 is 1.29 bits per heavy atom. The van der Waals surface area contributed by atoms with Crippen molar-refractivity contribution in [3.05, 3.63) is 0 Å². The van der Waals surface area contributed by atoms with Gasteiger partial charge in [0.2, 0.25) is 0 Å². The molecule has 0 N–H and O–H groups in total. The lowest BCUT2D eigenvalue weighted by molar-refractivity contribution is 1.53. The number of hydrogen-bond acceptors (Lipinski definition) is 1. The van der Waals surface area contributed by atoms with E-state index < -0.39 is 8.07 Å². The van der Waals surface area contributed by atoms with Crippen molar-refractivity contribution >= 4 is 19.0 Å². The second-order valence-corrected chi connectivity index (χ2v) is 7.09. The Balaban J connectivity index is 0. The minimum Gasteiger partial charge on any atom is -0.207 e. The van der Waals surface area contributed by atoms with Gasteiger partial charge in [-0.1, -0.05) is 19.6 Å². The van der Waals surface area contributed by atoms with Crippen molar-refractivity contribution in [2.45, 2.75) is 19.6 Å². The van der Waals surface area contributed by atoms with E-state index in [4.69, 9.17) is 5.26 Å². The first-order valence-corrected chi connectivity index (χ1v) is 5.47. The van der Waals surface area contributed by atoms with Gasteiger partial charge in [0.25, 0.3) is 0 Å². The molecule has 0 saturated carbocycles. The van der Waals surface area contributed by atoms with E-state index in [-0.39, 0.29) is 11.0 Å². The summed E-state index contributed by atoms with van der Waals surface area (Å²) in [6, 6.07) is 0. The molecule has 0 aliphatic rings. The zero-order chi connectivity index (χ0) is 5.21. The topological polar surface area (TPSA) is 23.8 Å². The van der Waals surface area contributed by atoms with Crippen LogP contribution < -0.4 is 0 Å². The van der Waals surface area contributed by atoms with Crippen LogP contribution in [0.5, 0.6) is 0 Å². The van der Waals surface area contributed by atoms with Gasteiger partial charge in [-0.15, -0.1) is 0 Å². The molecule has 42 valence electrons. The van der Waals surface area contributed by atoms with Crippen LogP contribution in [0.2, 0.25) is 19.6 Å². The Hall–Kier alpha value is -0.0762. The molecular weight excluding hydrogens is 118 g/mol. The van der Waals surface area contributed by atoms with Crippen LogP contribution in [-0.4, -0.2) is 19.0 Å². The summed E-state index contributed by atoms with van der Waals surface area (Å²) < 4.78 is 0. The molecular formula is C4H13NSi2. The number of nitriles is 1. The third-order valence-corrected chi connectivity index (χ3v) is 1.01. The lowest BCUT2D eigenvalue weighted by Gasteiger charge is -1.96. The van der Waals surface area contributed by atoms with Crippen molar-refractivity contribution in [3.8, 4) is 5.69 Å². The average molecular weight is 131 g/mol. The van der Waals surface area contributed by atoms with Gasteiger partial charge in [-0.05, 0) is 11.0 Å². The molecule has 0 amide bonds. The van der Waals surface area contributed by atoms with Crippen LogP contribution >= 0.6 is 0 Å². The second kappa shape index (κ2) is 3.00. The van der Waals surface area contributed by atoms with E-state index in [0.717, 1.165) is 0 Å². The molecule has 7 heavy (non-hydrogen) atoms. The van der Waals surface area contributed by atoms with E-state index in [0.29, 0.717) is 0 Å². The second-order valence-electron chi connectivity index (χ2n) is 2.36. The standard InChI is InChI=1S/C4H9NSi.H4Si/c1-6(2,3)4-5;/h1-3H3;1H4. The Morgan fingerprint density at radius 2 is 1.43 bits per heavy atom. The molecule has 3 heteroatoms. The molecule has 0 aromatic rings. The Morgan fingerprint density at radius 3 is 1.43 bits per heavy atom. The molecule has 0 fully saturated rings. The predicted molar refractivity (Wildman–Crippen MR) is 40.3 cm³/mol. The van der Waals surface area contributed by atoms with Crippen molar-refractivity contribution in [2.75, 3.05) is 0 Å². The summed E-state index contributed by atoms with van der Waals surface area (Å²) in [4.78, 5) is 0. The summed E-state index contributed by atoms with van der Waals surface area (Å²) in [7, 11) is -1.33. The lowest BCUT2D eigenvalue weighted by Crippen LogP contribution is -2.15. The molecule has 0 unspecified atom stereocenters. The Labute approximate surface area is 50.4 Å². The molecule has 0 radical (unpaired) electrons. The van der Waals surface area contributed by atoms with Crippen LogP contribution in [0.1, 0.15) is 0 Å². The molecule has 0 saturated heterocycles. The van der Waals surface area contributed by atoms with E-state index in [2.05, 4.69) is 5.69 Å². The van der Waals surface area contributed by atoms with E-state index in [9.17, 15) is 0 Å². The van der Waals surface area contributed by atoms with Gasteiger partial charge in [-0.2, -0.15) is 0 Å².